The van der Waals surface area contributed by atoms with Crippen LogP contribution in [0.5, 0.6) is 5.75 Å². The minimum absolute atomic E-state index is 0.0317. The average Bonchev–Trinajstić information content (AvgIpc) is 3.03. The molecule has 3 atom stereocenters. The minimum Gasteiger partial charge on any atom is -0.444 e. The van der Waals surface area contributed by atoms with Gasteiger partial charge in [-0.05, 0) is 62.9 Å². The monoisotopic (exact) mass is 446 g/mol. The molecule has 0 radical (unpaired) electrons. The van der Waals surface area contributed by atoms with E-state index in [0.717, 1.165) is 11.1 Å². The molecule has 172 valence electrons. The Morgan fingerprint density at radius 1 is 1.03 bits per heavy atom. The van der Waals surface area contributed by atoms with Crippen molar-refractivity contribution in [1.82, 2.24) is 10.6 Å². The summed E-state index contributed by atoms with van der Waals surface area (Å²) in [6.45, 7) is 4.19. The van der Waals surface area contributed by atoms with Crippen molar-refractivity contribution >= 4 is 12.0 Å². The molecule has 1 aliphatic carbocycles. The summed E-state index contributed by atoms with van der Waals surface area (Å²) in [7, 11) is 0. The van der Waals surface area contributed by atoms with E-state index in [2.05, 4.69) is 15.4 Å². The maximum atomic E-state index is 13.0. The van der Waals surface area contributed by atoms with E-state index in [-0.39, 0.29) is 17.7 Å². The molecule has 8 heteroatoms. The van der Waals surface area contributed by atoms with Gasteiger partial charge in [-0.3, -0.25) is 4.79 Å². The highest BCUT2D eigenvalue weighted by Crippen LogP contribution is 2.32. The third-order valence-corrected chi connectivity index (χ3v) is 5.23. The fourth-order valence-electron chi connectivity index (χ4n) is 3.74. The Labute approximate surface area is 186 Å². The number of carbonyl (C=O) groups excluding carboxylic acids is 2. The predicted molar refractivity (Wildman–Crippen MR) is 116 cm³/mol. The molecule has 0 spiro atoms. The van der Waals surface area contributed by atoms with Crippen LogP contribution < -0.4 is 15.4 Å². The molecule has 2 aromatic rings. The second kappa shape index (κ2) is 9.54. The lowest BCUT2D eigenvalue weighted by molar-refractivity contribution is -0.123. The zero-order valence-electron chi connectivity index (χ0n) is 18.5. The molecule has 3 rings (SSSR count). The highest BCUT2D eigenvalue weighted by Gasteiger charge is 2.36. The van der Waals surface area contributed by atoms with Crippen molar-refractivity contribution in [3.63, 3.8) is 0 Å². The molecule has 6 nitrogen and oxygen atoms in total. The molecule has 2 N–H and O–H groups in total. The first-order chi connectivity index (χ1) is 15.0. The van der Waals surface area contributed by atoms with E-state index in [1.807, 2.05) is 24.3 Å². The van der Waals surface area contributed by atoms with Crippen molar-refractivity contribution in [1.29, 1.82) is 0 Å². The van der Waals surface area contributed by atoms with E-state index < -0.39 is 30.3 Å². The molecule has 0 bridgehead atoms. The van der Waals surface area contributed by atoms with Crippen molar-refractivity contribution in [3.05, 3.63) is 65.2 Å². The Morgan fingerprint density at radius 2 is 1.69 bits per heavy atom. The number of amides is 2. The van der Waals surface area contributed by atoms with E-state index >= 15 is 0 Å². The number of ether oxygens (including phenoxy) is 2. The molecule has 0 aromatic heterocycles. The lowest BCUT2D eigenvalue weighted by atomic mass is 9.99. The lowest BCUT2D eigenvalue weighted by Crippen LogP contribution is -2.46. The molecule has 1 unspecified atom stereocenters. The summed E-state index contributed by atoms with van der Waals surface area (Å²) in [5.41, 5.74) is 2.00. The van der Waals surface area contributed by atoms with Gasteiger partial charge in [-0.1, -0.05) is 36.4 Å². The van der Waals surface area contributed by atoms with Gasteiger partial charge in [-0.2, -0.15) is 8.78 Å². The van der Waals surface area contributed by atoms with Crippen molar-refractivity contribution in [2.24, 2.45) is 0 Å². The van der Waals surface area contributed by atoms with Crippen molar-refractivity contribution in [3.8, 4) is 5.75 Å². The zero-order chi connectivity index (χ0) is 23.5. The molecule has 32 heavy (non-hydrogen) atoms. The number of carbonyl (C=O) groups is 2. The van der Waals surface area contributed by atoms with Crippen LogP contribution in [-0.4, -0.2) is 30.3 Å². The third kappa shape index (κ3) is 5.96. The van der Waals surface area contributed by atoms with Gasteiger partial charge < -0.3 is 20.1 Å². The zero-order valence-corrected chi connectivity index (χ0v) is 18.5. The van der Waals surface area contributed by atoms with Gasteiger partial charge in [-0.25, -0.2) is 4.79 Å². The van der Waals surface area contributed by atoms with Crippen LogP contribution in [0, 0.1) is 0 Å². The van der Waals surface area contributed by atoms with E-state index in [0.29, 0.717) is 12.0 Å². The Balaban J connectivity index is 1.71. The first-order valence-corrected chi connectivity index (χ1v) is 10.5. The van der Waals surface area contributed by atoms with E-state index in [9.17, 15) is 18.4 Å². The Kier molecular flexibility index (Phi) is 7.01. The fraction of sp³-hybridized carbons (Fsp3) is 0.417. The molecule has 0 saturated carbocycles. The summed E-state index contributed by atoms with van der Waals surface area (Å²) in [6, 6.07) is 12.9. The maximum Gasteiger partial charge on any atom is 0.408 e. The smallest absolute Gasteiger partial charge is 0.408 e. The quantitative estimate of drug-likeness (QED) is 0.675. The lowest BCUT2D eigenvalue weighted by Gasteiger charge is -2.27. The van der Waals surface area contributed by atoms with Gasteiger partial charge in [0, 0.05) is 0 Å². The highest BCUT2D eigenvalue weighted by atomic mass is 19.3. The maximum absolute atomic E-state index is 13.0. The minimum atomic E-state index is -2.90. The van der Waals surface area contributed by atoms with Gasteiger partial charge in [-0.15, -0.1) is 0 Å². The highest BCUT2D eigenvalue weighted by molar-refractivity contribution is 5.84. The normalized spacial score (nSPS) is 18.6. The molecule has 0 aliphatic heterocycles. The number of alkyl carbamates (subject to hydrolysis) is 1. The molecular formula is C24H28F2N2O4. The Morgan fingerprint density at radius 3 is 2.31 bits per heavy atom. The number of hydrogen-bond donors (Lipinski definition) is 2. The largest absolute Gasteiger partial charge is 0.444 e. The summed E-state index contributed by atoms with van der Waals surface area (Å²) >= 11 is 0. The molecule has 2 amide bonds. The number of nitrogens with one attached hydrogen (secondary N) is 2. The van der Waals surface area contributed by atoms with Crippen LogP contribution in [0.1, 0.15) is 56.3 Å². The number of rotatable bonds is 6. The standard InChI is InChI=1S/C24H28F2N2O4/c1-14(15-9-11-17(12-10-15)31-22(25)26)21(29)27-19-13-16-7-5-6-8-18(16)20(19)28-23(30)32-24(2,3)4/h5-12,14,19-20,22H,13H2,1-4H3,(H,27,29)(H,28,30)/t14?,19-,20-/m0/s1. The van der Waals surface area contributed by atoms with Crippen LogP contribution in [0.2, 0.25) is 0 Å². The van der Waals surface area contributed by atoms with Gasteiger partial charge in [0.2, 0.25) is 5.91 Å². The third-order valence-electron chi connectivity index (χ3n) is 5.23. The van der Waals surface area contributed by atoms with Crippen LogP contribution in [0.25, 0.3) is 0 Å². The van der Waals surface area contributed by atoms with E-state index in [1.165, 1.54) is 12.1 Å². The Bertz CT molecular complexity index is 957. The summed E-state index contributed by atoms with van der Waals surface area (Å²) in [5.74, 6) is -0.730. The van der Waals surface area contributed by atoms with Crippen LogP contribution in [-0.2, 0) is 16.0 Å². The summed E-state index contributed by atoms with van der Waals surface area (Å²) < 4.78 is 34.4. The molecule has 0 fully saturated rings. The summed E-state index contributed by atoms with van der Waals surface area (Å²) in [5, 5.41) is 5.92. The first-order valence-electron chi connectivity index (χ1n) is 10.5. The first kappa shape index (κ1) is 23.5. The van der Waals surface area contributed by atoms with E-state index in [4.69, 9.17) is 4.74 Å². The average molecular weight is 446 g/mol. The van der Waals surface area contributed by atoms with Gasteiger partial charge in [0.05, 0.1) is 18.0 Å². The van der Waals surface area contributed by atoms with Crippen molar-refractivity contribution in [2.45, 2.75) is 64.3 Å². The fourth-order valence-corrected chi connectivity index (χ4v) is 3.74. The molecule has 1 aliphatic rings. The van der Waals surface area contributed by atoms with Crippen LogP contribution in [0.3, 0.4) is 0 Å². The summed E-state index contributed by atoms with van der Waals surface area (Å²) in [4.78, 5) is 25.4. The molecule has 0 saturated heterocycles. The number of fused-ring (bicyclic) bond motifs is 1. The Hall–Kier alpha value is -3.16. The van der Waals surface area contributed by atoms with Gasteiger partial charge in [0.1, 0.15) is 11.4 Å². The topological polar surface area (TPSA) is 76.7 Å². The van der Waals surface area contributed by atoms with Crippen molar-refractivity contribution < 1.29 is 27.8 Å². The number of hydrogen-bond acceptors (Lipinski definition) is 4. The predicted octanol–water partition coefficient (Wildman–Crippen LogP) is 4.70. The van der Waals surface area contributed by atoms with Crippen LogP contribution >= 0.6 is 0 Å². The number of alkyl halides is 2. The van der Waals surface area contributed by atoms with Crippen LogP contribution in [0.4, 0.5) is 13.6 Å². The molecule has 0 heterocycles. The van der Waals surface area contributed by atoms with Gasteiger partial charge >= 0.3 is 12.7 Å². The molecule has 2 aromatic carbocycles. The van der Waals surface area contributed by atoms with E-state index in [1.54, 1.807) is 39.8 Å². The number of halogens is 2. The van der Waals surface area contributed by atoms with Crippen LogP contribution in [0.15, 0.2) is 48.5 Å². The molecular weight excluding hydrogens is 418 g/mol. The SMILES string of the molecule is CC(C(=O)N[C@H]1Cc2ccccc2[C@@H]1NC(=O)OC(C)(C)C)c1ccc(OC(F)F)cc1. The van der Waals surface area contributed by atoms with Crippen molar-refractivity contribution in [2.75, 3.05) is 0 Å². The number of benzene rings is 2. The van der Waals surface area contributed by atoms with Gasteiger partial charge in [0.15, 0.2) is 0 Å². The second-order valence-electron chi connectivity index (χ2n) is 8.81. The second-order valence-corrected chi connectivity index (χ2v) is 8.81. The summed E-state index contributed by atoms with van der Waals surface area (Å²) in [6.07, 6.45) is 0.0112. The van der Waals surface area contributed by atoms with Gasteiger partial charge in [0.25, 0.3) is 0 Å².